The van der Waals surface area contributed by atoms with Crippen LogP contribution < -0.4 is 0 Å². The molecule has 0 saturated heterocycles. The predicted octanol–water partition coefficient (Wildman–Crippen LogP) is 2.74. The van der Waals surface area contributed by atoms with E-state index in [-0.39, 0.29) is 13.0 Å². The lowest BCUT2D eigenvalue weighted by Gasteiger charge is -2.22. The quantitative estimate of drug-likeness (QED) is 0.667. The molecule has 0 spiro atoms. The molecule has 92 valence electrons. The second-order valence-electron chi connectivity index (χ2n) is 3.08. The summed E-state index contributed by atoms with van der Waals surface area (Å²) in [5.74, 6) is -4.31. The number of ketones is 1. The third kappa shape index (κ3) is 2.67. The molecule has 2 nitrogen and oxygen atoms in total. The molecule has 1 aliphatic heterocycles. The van der Waals surface area contributed by atoms with Crippen molar-refractivity contribution >= 4 is 5.78 Å². The average molecular weight is 248 g/mol. The number of hydrogen-bond acceptors (Lipinski definition) is 2. The third-order valence-electron chi connectivity index (χ3n) is 1.88. The molecule has 0 bridgehead atoms. The second kappa shape index (κ2) is 3.99. The lowest BCUT2D eigenvalue weighted by atomic mass is 10.0. The maximum absolute atomic E-state index is 12.2. The van der Waals surface area contributed by atoms with Crippen molar-refractivity contribution in [3.63, 3.8) is 0 Å². The average Bonchev–Trinajstić information content (AvgIpc) is 2.14. The van der Waals surface area contributed by atoms with E-state index in [9.17, 15) is 31.1 Å². The van der Waals surface area contributed by atoms with Gasteiger partial charge in [-0.05, 0) is 12.8 Å². The van der Waals surface area contributed by atoms with Crippen molar-refractivity contribution in [2.45, 2.75) is 25.2 Å². The minimum absolute atomic E-state index is 0.0449. The Labute approximate surface area is 85.9 Å². The number of halogens is 6. The first-order valence-corrected chi connectivity index (χ1v) is 4.18. The molecule has 1 aliphatic rings. The monoisotopic (exact) mass is 248 g/mol. The van der Waals surface area contributed by atoms with Crippen LogP contribution in [0.4, 0.5) is 26.3 Å². The Balaban J connectivity index is 3.15. The zero-order valence-electron chi connectivity index (χ0n) is 7.71. The molecule has 0 fully saturated rings. The second-order valence-corrected chi connectivity index (χ2v) is 3.08. The molecule has 0 N–H and O–H groups in total. The zero-order valence-corrected chi connectivity index (χ0v) is 7.71. The molecule has 0 amide bonds. The Bertz CT molecular complexity index is 324. The van der Waals surface area contributed by atoms with Crippen LogP contribution in [0.1, 0.15) is 12.8 Å². The summed E-state index contributed by atoms with van der Waals surface area (Å²) in [4.78, 5) is 10.7. The molecule has 0 saturated carbocycles. The van der Waals surface area contributed by atoms with E-state index in [2.05, 4.69) is 4.74 Å². The zero-order chi connectivity index (χ0) is 12.6. The summed E-state index contributed by atoms with van der Waals surface area (Å²) < 4.78 is 76.8. The van der Waals surface area contributed by atoms with Crippen LogP contribution in [0.5, 0.6) is 0 Å². The summed E-state index contributed by atoms with van der Waals surface area (Å²) in [5, 5.41) is 0. The van der Waals surface area contributed by atoms with E-state index in [4.69, 9.17) is 0 Å². The molecule has 0 radical (unpaired) electrons. The van der Waals surface area contributed by atoms with Gasteiger partial charge < -0.3 is 4.74 Å². The topological polar surface area (TPSA) is 26.3 Å². The molecule has 8 heteroatoms. The van der Waals surface area contributed by atoms with Gasteiger partial charge in [-0.25, -0.2) is 0 Å². The molecular formula is C8H6F6O2. The molecule has 0 aromatic heterocycles. The van der Waals surface area contributed by atoms with E-state index < -0.39 is 35.9 Å². The molecule has 0 unspecified atom stereocenters. The fraction of sp³-hybridized carbons (Fsp3) is 0.625. The minimum Gasteiger partial charge on any atom is -0.489 e. The normalized spacial score (nSPS) is 18.4. The molecule has 0 aliphatic carbocycles. The fourth-order valence-corrected chi connectivity index (χ4v) is 1.26. The van der Waals surface area contributed by atoms with Crippen molar-refractivity contribution in [2.75, 3.05) is 6.61 Å². The van der Waals surface area contributed by atoms with E-state index in [1.807, 2.05) is 0 Å². The smallest absolute Gasteiger partial charge is 0.454 e. The van der Waals surface area contributed by atoms with Crippen LogP contribution in [0.25, 0.3) is 0 Å². The summed E-state index contributed by atoms with van der Waals surface area (Å²) in [6, 6.07) is 0. The molecule has 1 rings (SSSR count). The molecule has 0 aromatic rings. The highest BCUT2D eigenvalue weighted by Crippen LogP contribution is 2.36. The first-order chi connectivity index (χ1) is 7.14. The van der Waals surface area contributed by atoms with E-state index in [1.54, 1.807) is 0 Å². The van der Waals surface area contributed by atoms with Gasteiger partial charge in [0.1, 0.15) is 0 Å². The van der Waals surface area contributed by atoms with Crippen molar-refractivity contribution in [3.05, 3.63) is 11.3 Å². The summed E-state index contributed by atoms with van der Waals surface area (Å²) in [7, 11) is 0. The van der Waals surface area contributed by atoms with Crippen molar-refractivity contribution < 1.29 is 35.9 Å². The Morgan fingerprint density at radius 2 is 1.69 bits per heavy atom. The predicted molar refractivity (Wildman–Crippen MR) is 39.3 cm³/mol. The van der Waals surface area contributed by atoms with Gasteiger partial charge in [0.2, 0.25) is 5.76 Å². The highest BCUT2D eigenvalue weighted by Gasteiger charge is 2.48. The number of allylic oxidation sites excluding steroid dienone is 2. The Morgan fingerprint density at radius 1 is 1.12 bits per heavy atom. The van der Waals surface area contributed by atoms with Crippen LogP contribution in [0.2, 0.25) is 0 Å². The van der Waals surface area contributed by atoms with Gasteiger partial charge in [-0.1, -0.05) is 0 Å². The molecular weight excluding hydrogens is 242 g/mol. The summed E-state index contributed by atoms with van der Waals surface area (Å²) in [6.45, 7) is -0.344. The number of carbonyl (C=O) groups excluding carboxylic acids is 1. The van der Waals surface area contributed by atoms with Crippen molar-refractivity contribution in [3.8, 4) is 0 Å². The van der Waals surface area contributed by atoms with E-state index in [1.165, 1.54) is 0 Å². The van der Waals surface area contributed by atoms with Crippen LogP contribution in [0.15, 0.2) is 11.3 Å². The van der Waals surface area contributed by atoms with Gasteiger partial charge in [0.15, 0.2) is 0 Å². The standard InChI is InChI=1S/C8H6F6O2/c9-7(10,11)5(15)4-2-1-3-16-6(4)8(12,13)14/h1-3H2. The first kappa shape index (κ1) is 12.9. The third-order valence-corrected chi connectivity index (χ3v) is 1.88. The van der Waals surface area contributed by atoms with Crippen molar-refractivity contribution in [1.29, 1.82) is 0 Å². The summed E-state index contributed by atoms with van der Waals surface area (Å²) in [6.07, 6.45) is -11.0. The minimum atomic E-state index is -5.31. The molecule has 0 aromatic carbocycles. The maximum atomic E-state index is 12.2. The highest BCUT2D eigenvalue weighted by atomic mass is 19.4. The lowest BCUT2D eigenvalue weighted by molar-refractivity contribution is -0.170. The fourth-order valence-electron chi connectivity index (χ4n) is 1.26. The van der Waals surface area contributed by atoms with Crippen LogP contribution in [0, 0.1) is 0 Å². The molecule has 0 atom stereocenters. The molecule has 16 heavy (non-hydrogen) atoms. The summed E-state index contributed by atoms with van der Waals surface area (Å²) in [5.41, 5.74) is -1.34. The number of carbonyl (C=O) groups is 1. The van der Waals surface area contributed by atoms with Crippen molar-refractivity contribution in [2.24, 2.45) is 0 Å². The van der Waals surface area contributed by atoms with E-state index >= 15 is 0 Å². The number of rotatable bonds is 1. The van der Waals surface area contributed by atoms with Gasteiger partial charge in [0.05, 0.1) is 12.2 Å². The maximum Gasteiger partial charge on any atom is 0.454 e. The SMILES string of the molecule is O=C(C1=C(C(F)(F)F)OCCC1)C(F)(F)F. The van der Waals surface area contributed by atoms with E-state index in [0.29, 0.717) is 0 Å². The van der Waals surface area contributed by atoms with E-state index in [0.717, 1.165) is 0 Å². The van der Waals surface area contributed by atoms with Gasteiger partial charge in [-0.2, -0.15) is 26.3 Å². The first-order valence-electron chi connectivity index (χ1n) is 4.18. The van der Waals surface area contributed by atoms with Gasteiger partial charge in [-0.3, -0.25) is 4.79 Å². The Hall–Kier alpha value is -1.21. The Morgan fingerprint density at radius 3 is 2.12 bits per heavy atom. The number of alkyl halides is 6. The van der Waals surface area contributed by atoms with Gasteiger partial charge >= 0.3 is 12.4 Å². The Kier molecular flexibility index (Phi) is 3.20. The highest BCUT2D eigenvalue weighted by molar-refractivity contribution is 6.00. The van der Waals surface area contributed by atoms with Crippen LogP contribution >= 0.6 is 0 Å². The van der Waals surface area contributed by atoms with Gasteiger partial charge in [0, 0.05) is 0 Å². The van der Waals surface area contributed by atoms with Crippen LogP contribution in [-0.2, 0) is 9.53 Å². The number of Topliss-reactive ketones (excluding diaryl/α,β-unsaturated/α-hetero) is 1. The summed E-state index contributed by atoms with van der Waals surface area (Å²) >= 11 is 0. The van der Waals surface area contributed by atoms with Crippen LogP contribution in [0.3, 0.4) is 0 Å². The van der Waals surface area contributed by atoms with Crippen LogP contribution in [-0.4, -0.2) is 24.7 Å². The van der Waals surface area contributed by atoms with Gasteiger partial charge in [0.25, 0.3) is 5.78 Å². The lowest BCUT2D eigenvalue weighted by Crippen LogP contribution is -2.31. The molecule has 1 heterocycles. The van der Waals surface area contributed by atoms with Crippen molar-refractivity contribution in [1.82, 2.24) is 0 Å². The number of hydrogen-bond donors (Lipinski definition) is 0. The largest absolute Gasteiger partial charge is 0.489 e. The number of ether oxygens (including phenoxy) is 1. The van der Waals surface area contributed by atoms with Gasteiger partial charge in [-0.15, -0.1) is 0 Å².